The van der Waals surface area contributed by atoms with E-state index >= 15 is 0 Å². The van der Waals surface area contributed by atoms with Crippen molar-refractivity contribution in [2.75, 3.05) is 11.9 Å². The molecule has 0 radical (unpaired) electrons. The van der Waals surface area contributed by atoms with Gasteiger partial charge in [0.05, 0.1) is 18.3 Å². The lowest BCUT2D eigenvalue weighted by Crippen LogP contribution is -2.19. The zero-order valence-corrected chi connectivity index (χ0v) is 18.5. The van der Waals surface area contributed by atoms with Crippen LogP contribution in [0, 0.1) is 20.8 Å². The van der Waals surface area contributed by atoms with Crippen LogP contribution in [0.4, 0.5) is 5.82 Å². The fraction of sp³-hybridized carbons (Fsp3) is 0.200. The lowest BCUT2D eigenvalue weighted by atomic mass is 10.1. The highest BCUT2D eigenvalue weighted by molar-refractivity contribution is 6.08. The van der Waals surface area contributed by atoms with Crippen LogP contribution in [0.3, 0.4) is 0 Å². The van der Waals surface area contributed by atoms with Gasteiger partial charge in [0, 0.05) is 10.9 Å². The number of esters is 1. The van der Waals surface area contributed by atoms with E-state index in [1.54, 1.807) is 19.1 Å². The molecule has 0 aliphatic heterocycles. The minimum atomic E-state index is -0.562. The van der Waals surface area contributed by atoms with Gasteiger partial charge in [-0.1, -0.05) is 36.4 Å². The summed E-state index contributed by atoms with van der Waals surface area (Å²) in [5, 5.41) is 8.27. The van der Waals surface area contributed by atoms with Crippen LogP contribution in [0.15, 0.2) is 54.7 Å². The monoisotopic (exact) mass is 428 g/mol. The van der Waals surface area contributed by atoms with Crippen molar-refractivity contribution < 1.29 is 14.3 Å². The summed E-state index contributed by atoms with van der Waals surface area (Å²) in [6.07, 6.45) is 1.39. The third kappa shape index (κ3) is 3.85. The van der Waals surface area contributed by atoms with Crippen LogP contribution >= 0.6 is 0 Å². The third-order valence-corrected chi connectivity index (χ3v) is 5.34. The second kappa shape index (κ2) is 8.63. The molecular weight excluding hydrogens is 404 g/mol. The number of aromatic nitrogens is 3. The molecule has 162 valence electrons. The van der Waals surface area contributed by atoms with Crippen molar-refractivity contribution in [2.24, 2.45) is 0 Å². The molecule has 4 rings (SSSR count). The quantitative estimate of drug-likeness (QED) is 0.463. The van der Waals surface area contributed by atoms with Crippen molar-refractivity contribution in [3.8, 4) is 5.82 Å². The molecule has 0 fully saturated rings. The molecule has 0 saturated carbocycles. The molecule has 1 N–H and O–H groups in total. The standard InChI is InChI=1S/C25H24N4O3/c1-5-32-25(31)20-14-26-29(23(20)28-24(30)19-11-7-6-9-15(19)2)21-13-17(4)18-12-8-10-16(3)22(18)27-21/h6-14H,5H2,1-4H3,(H,28,30). The van der Waals surface area contributed by atoms with E-state index < -0.39 is 5.97 Å². The van der Waals surface area contributed by atoms with E-state index in [2.05, 4.69) is 10.4 Å². The molecule has 0 atom stereocenters. The van der Waals surface area contributed by atoms with E-state index in [9.17, 15) is 9.59 Å². The van der Waals surface area contributed by atoms with Crippen molar-refractivity contribution in [2.45, 2.75) is 27.7 Å². The van der Waals surface area contributed by atoms with Crippen molar-refractivity contribution in [1.29, 1.82) is 0 Å². The number of aryl methyl sites for hydroxylation is 3. The number of hydrogen-bond acceptors (Lipinski definition) is 5. The number of rotatable bonds is 5. The molecule has 2 aromatic heterocycles. The van der Waals surface area contributed by atoms with E-state index in [4.69, 9.17) is 9.72 Å². The Morgan fingerprint density at radius 3 is 2.47 bits per heavy atom. The maximum absolute atomic E-state index is 13.1. The highest BCUT2D eigenvalue weighted by Gasteiger charge is 2.23. The first-order valence-electron chi connectivity index (χ1n) is 10.4. The van der Waals surface area contributed by atoms with Gasteiger partial charge in [-0.15, -0.1) is 0 Å². The maximum atomic E-state index is 13.1. The number of anilines is 1. The maximum Gasteiger partial charge on any atom is 0.343 e. The number of benzene rings is 2. The van der Waals surface area contributed by atoms with Gasteiger partial charge in [-0.25, -0.2) is 9.78 Å². The zero-order valence-electron chi connectivity index (χ0n) is 18.5. The average molecular weight is 428 g/mol. The topological polar surface area (TPSA) is 86.1 Å². The van der Waals surface area contributed by atoms with Gasteiger partial charge in [0.2, 0.25) is 0 Å². The molecule has 0 unspecified atom stereocenters. The lowest BCUT2D eigenvalue weighted by Gasteiger charge is -2.13. The number of fused-ring (bicyclic) bond motifs is 1. The number of ether oxygens (including phenoxy) is 1. The molecule has 0 aliphatic rings. The van der Waals surface area contributed by atoms with Gasteiger partial charge in [-0.3, -0.25) is 4.79 Å². The van der Waals surface area contributed by atoms with Gasteiger partial charge in [-0.05, 0) is 56.5 Å². The SMILES string of the molecule is CCOC(=O)c1cnn(-c2cc(C)c3cccc(C)c3n2)c1NC(=O)c1ccccc1C. The molecular formula is C25H24N4O3. The summed E-state index contributed by atoms with van der Waals surface area (Å²) in [6, 6.07) is 15.1. The number of nitrogens with zero attached hydrogens (tertiary/aromatic N) is 3. The number of carbonyl (C=O) groups excluding carboxylic acids is 2. The highest BCUT2D eigenvalue weighted by atomic mass is 16.5. The molecule has 1 amide bonds. The fourth-order valence-electron chi connectivity index (χ4n) is 3.66. The smallest absolute Gasteiger partial charge is 0.343 e. The minimum Gasteiger partial charge on any atom is -0.462 e. The third-order valence-electron chi connectivity index (χ3n) is 5.34. The van der Waals surface area contributed by atoms with Gasteiger partial charge in [0.25, 0.3) is 5.91 Å². The van der Waals surface area contributed by atoms with Crippen LogP contribution in [0.5, 0.6) is 0 Å². The molecule has 7 nitrogen and oxygen atoms in total. The van der Waals surface area contributed by atoms with Crippen LogP contribution in [-0.4, -0.2) is 33.2 Å². The van der Waals surface area contributed by atoms with Gasteiger partial charge >= 0.3 is 5.97 Å². The predicted octanol–water partition coefficient (Wildman–Crippen LogP) is 4.77. The Kier molecular flexibility index (Phi) is 5.73. The number of pyridine rings is 1. The fourth-order valence-corrected chi connectivity index (χ4v) is 3.66. The van der Waals surface area contributed by atoms with Gasteiger partial charge in [0.15, 0.2) is 11.6 Å². The zero-order chi connectivity index (χ0) is 22.8. The Bertz CT molecular complexity index is 1340. The Hall–Kier alpha value is -4.00. The van der Waals surface area contributed by atoms with Crippen LogP contribution in [0.2, 0.25) is 0 Å². The largest absolute Gasteiger partial charge is 0.462 e. The second-order valence-corrected chi connectivity index (χ2v) is 7.58. The lowest BCUT2D eigenvalue weighted by molar-refractivity contribution is 0.0527. The van der Waals surface area contributed by atoms with Gasteiger partial charge < -0.3 is 10.1 Å². The second-order valence-electron chi connectivity index (χ2n) is 7.58. The number of para-hydroxylation sites is 1. The van der Waals surface area contributed by atoms with E-state index in [1.165, 1.54) is 10.9 Å². The Morgan fingerprint density at radius 1 is 0.969 bits per heavy atom. The van der Waals surface area contributed by atoms with E-state index in [0.29, 0.717) is 11.4 Å². The first-order valence-corrected chi connectivity index (χ1v) is 10.4. The Morgan fingerprint density at radius 2 is 1.72 bits per heavy atom. The van der Waals surface area contributed by atoms with Crippen LogP contribution in [-0.2, 0) is 4.74 Å². The Balaban J connectivity index is 1.86. The van der Waals surface area contributed by atoms with E-state index in [0.717, 1.165) is 27.6 Å². The molecule has 7 heteroatoms. The summed E-state index contributed by atoms with van der Waals surface area (Å²) >= 11 is 0. The summed E-state index contributed by atoms with van der Waals surface area (Å²) < 4.78 is 6.65. The summed E-state index contributed by atoms with van der Waals surface area (Å²) in [5.41, 5.74) is 4.37. The van der Waals surface area contributed by atoms with Crippen LogP contribution in [0.1, 0.15) is 44.3 Å². The van der Waals surface area contributed by atoms with Gasteiger partial charge in [0.1, 0.15) is 5.56 Å². The minimum absolute atomic E-state index is 0.165. The van der Waals surface area contributed by atoms with Crippen LogP contribution < -0.4 is 5.32 Å². The molecule has 32 heavy (non-hydrogen) atoms. The highest BCUT2D eigenvalue weighted by Crippen LogP contribution is 2.26. The molecule has 2 aromatic carbocycles. The Labute approximate surface area is 186 Å². The number of hydrogen-bond donors (Lipinski definition) is 1. The van der Waals surface area contributed by atoms with Crippen molar-refractivity contribution in [1.82, 2.24) is 14.8 Å². The van der Waals surface area contributed by atoms with Crippen molar-refractivity contribution in [3.05, 3.63) is 82.5 Å². The van der Waals surface area contributed by atoms with Crippen molar-refractivity contribution in [3.63, 3.8) is 0 Å². The summed E-state index contributed by atoms with van der Waals surface area (Å²) in [7, 11) is 0. The summed E-state index contributed by atoms with van der Waals surface area (Å²) in [4.78, 5) is 30.4. The molecule has 0 bridgehead atoms. The predicted molar refractivity (Wildman–Crippen MR) is 123 cm³/mol. The average Bonchev–Trinajstić information content (AvgIpc) is 3.18. The normalized spacial score (nSPS) is 10.9. The molecule has 2 heterocycles. The molecule has 0 aliphatic carbocycles. The summed E-state index contributed by atoms with van der Waals surface area (Å²) in [6.45, 7) is 7.78. The summed E-state index contributed by atoms with van der Waals surface area (Å²) in [5.74, 6) is -0.187. The van der Waals surface area contributed by atoms with Gasteiger partial charge in [-0.2, -0.15) is 9.78 Å². The van der Waals surface area contributed by atoms with Crippen LogP contribution in [0.25, 0.3) is 16.7 Å². The first kappa shape index (κ1) is 21.2. The number of nitrogens with one attached hydrogen (secondary N) is 1. The number of amides is 1. The van der Waals surface area contributed by atoms with E-state index in [-0.39, 0.29) is 23.9 Å². The van der Waals surface area contributed by atoms with Crippen molar-refractivity contribution >= 4 is 28.6 Å². The first-order chi connectivity index (χ1) is 15.4. The molecule has 4 aromatic rings. The molecule has 0 spiro atoms. The molecule has 0 saturated heterocycles. The van der Waals surface area contributed by atoms with E-state index in [1.807, 2.05) is 57.2 Å². The number of carbonyl (C=O) groups is 2.